The molecule has 0 nitrogen and oxygen atoms in total. The van der Waals surface area contributed by atoms with Crippen LogP contribution in [0.5, 0.6) is 0 Å². The lowest BCUT2D eigenvalue weighted by atomic mass is 9.75. The Hall–Kier alpha value is 0. The summed E-state index contributed by atoms with van der Waals surface area (Å²) in [5.41, 5.74) is 0.544. The summed E-state index contributed by atoms with van der Waals surface area (Å²) in [6, 6.07) is 0. The highest BCUT2D eigenvalue weighted by atomic mass is 14.3. The van der Waals surface area contributed by atoms with Crippen molar-refractivity contribution in [3.63, 3.8) is 0 Å². The maximum absolute atomic E-state index is 2.43. The summed E-state index contributed by atoms with van der Waals surface area (Å²) < 4.78 is 0. The molecule has 0 aromatic carbocycles. The van der Waals surface area contributed by atoms with E-state index in [0.717, 1.165) is 5.92 Å². The summed E-state index contributed by atoms with van der Waals surface area (Å²) in [5.74, 6) is 0.883. The predicted molar refractivity (Wildman–Crippen MR) is 75.8 cm³/mol. The lowest BCUT2D eigenvalue weighted by Crippen LogP contribution is -2.20. The topological polar surface area (TPSA) is 0 Å². The first-order valence-corrected chi connectivity index (χ1v) is 7.54. The molecule has 0 saturated heterocycles. The maximum Gasteiger partial charge on any atom is -0.0331 e. The Bertz CT molecular complexity index is 146. The quantitative estimate of drug-likeness (QED) is 0.389. The molecule has 0 saturated carbocycles. The van der Waals surface area contributed by atoms with E-state index in [1.54, 1.807) is 0 Å². The van der Waals surface area contributed by atoms with Gasteiger partial charge in [0, 0.05) is 0 Å². The average Bonchev–Trinajstić information content (AvgIpc) is 2.27. The van der Waals surface area contributed by atoms with Crippen molar-refractivity contribution in [2.75, 3.05) is 0 Å². The summed E-state index contributed by atoms with van der Waals surface area (Å²) in [6.45, 7) is 11.9. The lowest BCUT2D eigenvalue weighted by molar-refractivity contribution is 0.204. The SMILES string of the molecule is CCCCCCCCCC(C)C(C)(C)CC. The molecular weight excluding hydrogens is 192 g/mol. The van der Waals surface area contributed by atoms with Gasteiger partial charge in [0.25, 0.3) is 0 Å². The van der Waals surface area contributed by atoms with Gasteiger partial charge < -0.3 is 0 Å². The summed E-state index contributed by atoms with van der Waals surface area (Å²) in [7, 11) is 0. The zero-order valence-corrected chi connectivity index (χ0v) is 12.4. The maximum atomic E-state index is 2.43. The third-order valence-electron chi connectivity index (χ3n) is 4.49. The Balaban J connectivity index is 3.38. The van der Waals surface area contributed by atoms with Crippen molar-refractivity contribution in [3.05, 3.63) is 0 Å². The molecule has 0 spiro atoms. The Morgan fingerprint density at radius 2 is 1.31 bits per heavy atom. The number of hydrogen-bond acceptors (Lipinski definition) is 0. The van der Waals surface area contributed by atoms with Crippen LogP contribution in [0, 0.1) is 11.3 Å². The fourth-order valence-corrected chi connectivity index (χ4v) is 2.15. The fraction of sp³-hybridized carbons (Fsp3) is 1.00. The highest BCUT2D eigenvalue weighted by molar-refractivity contribution is 4.73. The molecule has 0 heterocycles. The monoisotopic (exact) mass is 226 g/mol. The molecule has 0 N–H and O–H groups in total. The van der Waals surface area contributed by atoms with E-state index >= 15 is 0 Å². The van der Waals surface area contributed by atoms with Gasteiger partial charge in [-0.2, -0.15) is 0 Å². The van der Waals surface area contributed by atoms with Gasteiger partial charge in [-0.3, -0.25) is 0 Å². The van der Waals surface area contributed by atoms with E-state index in [1.165, 1.54) is 57.8 Å². The zero-order valence-electron chi connectivity index (χ0n) is 12.4. The van der Waals surface area contributed by atoms with Gasteiger partial charge in [0.15, 0.2) is 0 Å². The number of rotatable bonds is 10. The minimum absolute atomic E-state index is 0.544. The van der Waals surface area contributed by atoms with Crippen molar-refractivity contribution in [2.24, 2.45) is 11.3 Å². The molecule has 0 aliphatic heterocycles. The standard InChI is InChI=1S/C16H34/c1-6-8-9-10-11-12-13-14-15(3)16(4,5)7-2/h15H,6-14H2,1-5H3. The minimum atomic E-state index is 0.544. The van der Waals surface area contributed by atoms with Crippen molar-refractivity contribution in [1.29, 1.82) is 0 Å². The zero-order chi connectivity index (χ0) is 12.4. The second kappa shape index (κ2) is 9.07. The first-order chi connectivity index (χ1) is 7.54. The van der Waals surface area contributed by atoms with Crippen LogP contribution in [-0.4, -0.2) is 0 Å². The van der Waals surface area contributed by atoms with Gasteiger partial charge >= 0.3 is 0 Å². The third kappa shape index (κ3) is 7.30. The van der Waals surface area contributed by atoms with Crippen molar-refractivity contribution >= 4 is 0 Å². The summed E-state index contributed by atoms with van der Waals surface area (Å²) in [6.07, 6.45) is 12.8. The van der Waals surface area contributed by atoms with Gasteiger partial charge in [-0.15, -0.1) is 0 Å². The summed E-state index contributed by atoms with van der Waals surface area (Å²) in [5, 5.41) is 0. The molecule has 98 valence electrons. The lowest BCUT2D eigenvalue weighted by Gasteiger charge is -2.30. The first kappa shape index (κ1) is 16.0. The molecule has 0 fully saturated rings. The molecule has 16 heavy (non-hydrogen) atoms. The van der Waals surface area contributed by atoms with Gasteiger partial charge in [0.1, 0.15) is 0 Å². The second-order valence-corrected chi connectivity index (χ2v) is 6.15. The van der Waals surface area contributed by atoms with Crippen molar-refractivity contribution in [1.82, 2.24) is 0 Å². The van der Waals surface area contributed by atoms with Crippen LogP contribution in [0.2, 0.25) is 0 Å². The van der Waals surface area contributed by atoms with E-state index in [4.69, 9.17) is 0 Å². The van der Waals surface area contributed by atoms with E-state index < -0.39 is 0 Å². The summed E-state index contributed by atoms with van der Waals surface area (Å²) in [4.78, 5) is 0. The van der Waals surface area contributed by atoms with E-state index in [-0.39, 0.29) is 0 Å². The molecule has 0 heteroatoms. The van der Waals surface area contributed by atoms with Gasteiger partial charge in [-0.25, -0.2) is 0 Å². The summed E-state index contributed by atoms with van der Waals surface area (Å²) >= 11 is 0. The van der Waals surface area contributed by atoms with Crippen LogP contribution in [0.4, 0.5) is 0 Å². The highest BCUT2D eigenvalue weighted by Gasteiger charge is 2.22. The van der Waals surface area contributed by atoms with Crippen molar-refractivity contribution in [2.45, 2.75) is 92.4 Å². The third-order valence-corrected chi connectivity index (χ3v) is 4.49. The molecule has 0 radical (unpaired) electrons. The van der Waals surface area contributed by atoms with Crippen molar-refractivity contribution < 1.29 is 0 Å². The fourth-order valence-electron chi connectivity index (χ4n) is 2.15. The van der Waals surface area contributed by atoms with Crippen molar-refractivity contribution in [3.8, 4) is 0 Å². The van der Waals surface area contributed by atoms with Crippen LogP contribution in [0.25, 0.3) is 0 Å². The molecular formula is C16H34. The van der Waals surface area contributed by atoms with Crippen LogP contribution < -0.4 is 0 Å². The smallest absolute Gasteiger partial charge is 0.0331 e. The van der Waals surface area contributed by atoms with Crippen LogP contribution in [0.1, 0.15) is 92.4 Å². The number of unbranched alkanes of at least 4 members (excludes halogenated alkanes) is 6. The van der Waals surface area contributed by atoms with E-state index in [2.05, 4.69) is 34.6 Å². The molecule has 0 aromatic rings. The largest absolute Gasteiger partial charge is 0.0654 e. The first-order valence-electron chi connectivity index (χ1n) is 7.54. The Morgan fingerprint density at radius 3 is 1.81 bits per heavy atom. The Kier molecular flexibility index (Phi) is 9.07. The van der Waals surface area contributed by atoms with E-state index in [9.17, 15) is 0 Å². The Morgan fingerprint density at radius 1 is 0.812 bits per heavy atom. The van der Waals surface area contributed by atoms with E-state index in [0.29, 0.717) is 5.41 Å². The van der Waals surface area contributed by atoms with Gasteiger partial charge in [0.2, 0.25) is 0 Å². The molecule has 0 aliphatic carbocycles. The molecule has 0 rings (SSSR count). The normalized spacial score (nSPS) is 14.1. The predicted octanol–water partition coefficient (Wildman–Crippen LogP) is 6.20. The molecule has 1 unspecified atom stereocenters. The second-order valence-electron chi connectivity index (χ2n) is 6.15. The number of hydrogen-bond donors (Lipinski definition) is 0. The van der Waals surface area contributed by atoms with Gasteiger partial charge in [-0.05, 0) is 11.3 Å². The Labute approximate surface area is 104 Å². The minimum Gasteiger partial charge on any atom is -0.0654 e. The average molecular weight is 226 g/mol. The molecule has 0 amide bonds. The van der Waals surface area contributed by atoms with Crippen LogP contribution in [0.15, 0.2) is 0 Å². The van der Waals surface area contributed by atoms with Gasteiger partial charge in [0.05, 0.1) is 0 Å². The van der Waals surface area contributed by atoms with Gasteiger partial charge in [-0.1, -0.05) is 92.4 Å². The molecule has 0 aliphatic rings. The molecule has 0 bridgehead atoms. The molecule has 0 aromatic heterocycles. The van der Waals surface area contributed by atoms with Crippen LogP contribution in [0.3, 0.4) is 0 Å². The van der Waals surface area contributed by atoms with Crippen LogP contribution in [-0.2, 0) is 0 Å². The highest BCUT2D eigenvalue weighted by Crippen LogP contribution is 2.33. The molecule has 1 atom stereocenters. The van der Waals surface area contributed by atoms with Crippen LogP contribution >= 0.6 is 0 Å². The van der Waals surface area contributed by atoms with E-state index in [1.807, 2.05) is 0 Å².